The van der Waals surface area contributed by atoms with E-state index >= 15 is 0 Å². The molecule has 5 nitrogen and oxygen atoms in total. The molecular weight excluding hydrogens is 230 g/mol. The number of anilines is 1. The van der Waals surface area contributed by atoms with Gasteiger partial charge in [-0.25, -0.2) is 4.98 Å². The van der Waals surface area contributed by atoms with E-state index in [1.165, 1.54) is 7.11 Å². The monoisotopic (exact) mass is 247 g/mol. The Morgan fingerprint density at radius 3 is 2.89 bits per heavy atom. The smallest absolute Gasteiger partial charge is 0.307 e. The van der Waals surface area contributed by atoms with Crippen LogP contribution in [0.4, 0.5) is 5.82 Å². The van der Waals surface area contributed by atoms with Gasteiger partial charge in [-0.3, -0.25) is 4.79 Å². The summed E-state index contributed by atoms with van der Waals surface area (Å²) >= 11 is 0. The Morgan fingerprint density at radius 1 is 1.61 bits per heavy atom. The van der Waals surface area contributed by atoms with E-state index in [1.807, 2.05) is 18.7 Å². The Hall–Kier alpha value is -2.09. The van der Waals surface area contributed by atoms with Crippen LogP contribution in [0.5, 0.6) is 0 Å². The first-order chi connectivity index (χ1) is 8.63. The zero-order chi connectivity index (χ0) is 13.5. The Bertz CT molecular complexity index is 466. The third kappa shape index (κ3) is 3.20. The highest BCUT2D eigenvalue weighted by Crippen LogP contribution is 2.19. The summed E-state index contributed by atoms with van der Waals surface area (Å²) in [6, 6.07) is 3.96. The second-order valence-corrected chi connectivity index (χ2v) is 3.84. The molecule has 0 N–H and O–H groups in total. The standard InChI is InChI=1S/C13H17N3O2/c1-4-16(8-6-12(17)18-3)13-11(9-14)10(2)5-7-15-13/h5,7H,4,6,8H2,1-3H3. The number of nitriles is 1. The van der Waals surface area contributed by atoms with Gasteiger partial charge >= 0.3 is 5.97 Å². The fourth-order valence-electron chi connectivity index (χ4n) is 1.66. The van der Waals surface area contributed by atoms with Gasteiger partial charge in [0.15, 0.2) is 0 Å². The van der Waals surface area contributed by atoms with Crippen molar-refractivity contribution >= 4 is 11.8 Å². The predicted molar refractivity (Wildman–Crippen MR) is 68.2 cm³/mol. The molecule has 0 bridgehead atoms. The number of carbonyl (C=O) groups excluding carboxylic acids is 1. The van der Waals surface area contributed by atoms with Gasteiger partial charge < -0.3 is 9.64 Å². The number of methoxy groups -OCH3 is 1. The number of rotatable bonds is 5. The van der Waals surface area contributed by atoms with Gasteiger partial charge in [0.2, 0.25) is 0 Å². The van der Waals surface area contributed by atoms with Crippen LogP contribution in [0.2, 0.25) is 0 Å². The van der Waals surface area contributed by atoms with Gasteiger partial charge in [-0.15, -0.1) is 0 Å². The topological polar surface area (TPSA) is 66.2 Å². The average Bonchev–Trinajstić information content (AvgIpc) is 2.39. The minimum absolute atomic E-state index is 0.264. The quantitative estimate of drug-likeness (QED) is 0.740. The lowest BCUT2D eigenvalue weighted by Crippen LogP contribution is -2.28. The lowest BCUT2D eigenvalue weighted by Gasteiger charge is -2.22. The zero-order valence-electron chi connectivity index (χ0n) is 10.9. The molecule has 0 fully saturated rings. The van der Waals surface area contributed by atoms with Crippen LogP contribution >= 0.6 is 0 Å². The Labute approximate surface area is 107 Å². The second kappa shape index (κ2) is 6.60. The first-order valence-electron chi connectivity index (χ1n) is 5.81. The number of esters is 1. The molecule has 18 heavy (non-hydrogen) atoms. The molecular formula is C13H17N3O2. The number of carbonyl (C=O) groups is 1. The SMILES string of the molecule is CCN(CCC(=O)OC)c1nccc(C)c1C#N. The maximum atomic E-state index is 11.2. The number of aromatic nitrogens is 1. The average molecular weight is 247 g/mol. The van der Waals surface area contributed by atoms with Crippen LogP contribution < -0.4 is 4.90 Å². The van der Waals surface area contributed by atoms with Crippen LogP contribution in [0.1, 0.15) is 24.5 Å². The lowest BCUT2D eigenvalue weighted by molar-refractivity contribution is -0.140. The highest BCUT2D eigenvalue weighted by atomic mass is 16.5. The van der Waals surface area contributed by atoms with E-state index in [9.17, 15) is 4.79 Å². The van der Waals surface area contributed by atoms with Crippen molar-refractivity contribution < 1.29 is 9.53 Å². The molecule has 0 aliphatic heterocycles. The van der Waals surface area contributed by atoms with E-state index < -0.39 is 0 Å². The molecule has 1 aromatic heterocycles. The van der Waals surface area contributed by atoms with E-state index in [4.69, 9.17) is 5.26 Å². The molecule has 0 aliphatic carbocycles. The lowest BCUT2D eigenvalue weighted by atomic mass is 10.1. The van der Waals surface area contributed by atoms with E-state index in [1.54, 1.807) is 12.3 Å². The van der Waals surface area contributed by atoms with Crippen LogP contribution in [0, 0.1) is 18.3 Å². The number of pyridine rings is 1. The van der Waals surface area contributed by atoms with Crippen molar-refractivity contribution in [3.05, 3.63) is 23.4 Å². The number of hydrogen-bond acceptors (Lipinski definition) is 5. The zero-order valence-corrected chi connectivity index (χ0v) is 10.9. The van der Waals surface area contributed by atoms with Gasteiger partial charge in [0.05, 0.1) is 19.1 Å². The highest BCUT2D eigenvalue weighted by molar-refractivity contribution is 5.70. The van der Waals surface area contributed by atoms with Crippen molar-refractivity contribution in [2.75, 3.05) is 25.1 Å². The van der Waals surface area contributed by atoms with Crippen molar-refractivity contribution in [3.8, 4) is 6.07 Å². The molecule has 0 unspecified atom stereocenters. The summed E-state index contributed by atoms with van der Waals surface area (Å²) in [5.74, 6) is 0.364. The van der Waals surface area contributed by atoms with Crippen LogP contribution in [0.3, 0.4) is 0 Å². The summed E-state index contributed by atoms with van der Waals surface area (Å²) in [6.45, 7) is 5.01. The normalized spacial score (nSPS) is 9.67. The fraction of sp³-hybridized carbons (Fsp3) is 0.462. The van der Waals surface area contributed by atoms with E-state index in [0.717, 1.165) is 5.56 Å². The molecule has 0 saturated heterocycles. The predicted octanol–water partition coefficient (Wildman–Crippen LogP) is 1.65. The Kier molecular flexibility index (Phi) is 5.12. The van der Waals surface area contributed by atoms with Crippen LogP contribution in [0.15, 0.2) is 12.3 Å². The molecule has 5 heteroatoms. The molecule has 1 rings (SSSR count). The first kappa shape index (κ1) is 14.0. The number of ether oxygens (including phenoxy) is 1. The van der Waals surface area contributed by atoms with Gasteiger partial charge in [0.25, 0.3) is 0 Å². The van der Waals surface area contributed by atoms with Crippen molar-refractivity contribution in [2.45, 2.75) is 20.3 Å². The van der Waals surface area contributed by atoms with E-state index in [-0.39, 0.29) is 12.4 Å². The summed E-state index contributed by atoms with van der Waals surface area (Å²) in [5, 5.41) is 9.16. The van der Waals surface area contributed by atoms with Gasteiger partial charge in [0, 0.05) is 19.3 Å². The van der Waals surface area contributed by atoms with Crippen LogP contribution in [-0.4, -0.2) is 31.2 Å². The fourth-order valence-corrected chi connectivity index (χ4v) is 1.66. The third-order valence-corrected chi connectivity index (χ3v) is 2.75. The summed E-state index contributed by atoms with van der Waals surface area (Å²) in [6.07, 6.45) is 1.96. The van der Waals surface area contributed by atoms with Gasteiger partial charge in [-0.2, -0.15) is 5.26 Å². The summed E-state index contributed by atoms with van der Waals surface area (Å²) in [7, 11) is 1.37. The molecule has 0 aliphatic rings. The van der Waals surface area contributed by atoms with Crippen molar-refractivity contribution in [3.63, 3.8) is 0 Å². The molecule has 1 aromatic rings. The number of aryl methyl sites for hydroxylation is 1. The van der Waals surface area contributed by atoms with Crippen LogP contribution in [0.25, 0.3) is 0 Å². The molecule has 0 saturated carbocycles. The van der Waals surface area contributed by atoms with Gasteiger partial charge in [-0.05, 0) is 25.5 Å². The number of hydrogen-bond donors (Lipinski definition) is 0. The maximum absolute atomic E-state index is 11.2. The minimum Gasteiger partial charge on any atom is -0.469 e. The molecule has 1 heterocycles. The van der Waals surface area contributed by atoms with E-state index in [2.05, 4.69) is 15.8 Å². The molecule has 0 aromatic carbocycles. The van der Waals surface area contributed by atoms with Crippen molar-refractivity contribution in [1.29, 1.82) is 5.26 Å². The molecule has 0 atom stereocenters. The first-order valence-corrected chi connectivity index (χ1v) is 5.81. The molecule has 96 valence electrons. The van der Waals surface area contributed by atoms with E-state index in [0.29, 0.717) is 24.5 Å². The molecule has 0 amide bonds. The van der Waals surface area contributed by atoms with Crippen molar-refractivity contribution in [1.82, 2.24) is 4.98 Å². The second-order valence-electron chi connectivity index (χ2n) is 3.84. The Morgan fingerprint density at radius 2 is 2.33 bits per heavy atom. The maximum Gasteiger partial charge on any atom is 0.307 e. The molecule has 0 spiro atoms. The summed E-state index contributed by atoms with van der Waals surface area (Å²) < 4.78 is 4.61. The van der Waals surface area contributed by atoms with Crippen LogP contribution in [-0.2, 0) is 9.53 Å². The minimum atomic E-state index is -0.264. The molecule has 0 radical (unpaired) electrons. The Balaban J connectivity index is 2.92. The number of nitrogens with zero attached hydrogens (tertiary/aromatic N) is 3. The summed E-state index contributed by atoms with van der Waals surface area (Å²) in [5.41, 5.74) is 1.45. The largest absolute Gasteiger partial charge is 0.469 e. The highest BCUT2D eigenvalue weighted by Gasteiger charge is 2.14. The van der Waals surface area contributed by atoms with Gasteiger partial charge in [-0.1, -0.05) is 0 Å². The summed E-state index contributed by atoms with van der Waals surface area (Å²) in [4.78, 5) is 17.3. The van der Waals surface area contributed by atoms with Gasteiger partial charge in [0.1, 0.15) is 11.9 Å². The van der Waals surface area contributed by atoms with Crippen molar-refractivity contribution in [2.24, 2.45) is 0 Å². The third-order valence-electron chi connectivity index (χ3n) is 2.75.